The summed E-state index contributed by atoms with van der Waals surface area (Å²) in [6, 6.07) is 8.60. The standard InChI is InChI=1S/C12H14O4/c1-9(7-13)12(15)16-8-11(14)10-5-3-2-4-6-10/h2-6,9,13H,7-8H2,1H3/t9-/m0/s1. The van der Waals surface area contributed by atoms with Crippen molar-refractivity contribution in [2.45, 2.75) is 6.92 Å². The number of carbonyl (C=O) groups is 2. The van der Waals surface area contributed by atoms with E-state index in [1.807, 2.05) is 0 Å². The van der Waals surface area contributed by atoms with E-state index in [4.69, 9.17) is 9.84 Å². The normalized spacial score (nSPS) is 11.9. The van der Waals surface area contributed by atoms with Gasteiger partial charge in [0.05, 0.1) is 12.5 Å². The summed E-state index contributed by atoms with van der Waals surface area (Å²) in [4.78, 5) is 22.7. The van der Waals surface area contributed by atoms with Crippen molar-refractivity contribution in [3.8, 4) is 0 Å². The van der Waals surface area contributed by atoms with Gasteiger partial charge in [-0.15, -0.1) is 0 Å². The molecular formula is C12H14O4. The van der Waals surface area contributed by atoms with Crippen molar-refractivity contribution in [1.29, 1.82) is 0 Å². The van der Waals surface area contributed by atoms with Crippen LogP contribution >= 0.6 is 0 Å². The highest BCUT2D eigenvalue weighted by Crippen LogP contribution is 2.02. The molecule has 4 heteroatoms. The Kier molecular flexibility index (Phi) is 4.66. The van der Waals surface area contributed by atoms with Gasteiger partial charge in [0.25, 0.3) is 0 Å². The molecule has 0 saturated heterocycles. The van der Waals surface area contributed by atoms with Crippen LogP contribution in [0, 0.1) is 5.92 Å². The molecule has 0 unspecified atom stereocenters. The molecule has 1 atom stereocenters. The van der Waals surface area contributed by atoms with Crippen LogP contribution in [0.1, 0.15) is 17.3 Å². The molecule has 16 heavy (non-hydrogen) atoms. The Hall–Kier alpha value is -1.68. The van der Waals surface area contributed by atoms with Gasteiger partial charge >= 0.3 is 5.97 Å². The molecule has 0 aliphatic rings. The number of benzene rings is 1. The van der Waals surface area contributed by atoms with E-state index in [0.717, 1.165) is 0 Å². The van der Waals surface area contributed by atoms with E-state index in [1.165, 1.54) is 6.92 Å². The van der Waals surface area contributed by atoms with E-state index in [9.17, 15) is 9.59 Å². The highest BCUT2D eigenvalue weighted by molar-refractivity contribution is 5.97. The van der Waals surface area contributed by atoms with Gasteiger partial charge in [-0.2, -0.15) is 0 Å². The van der Waals surface area contributed by atoms with E-state index >= 15 is 0 Å². The first-order valence-electron chi connectivity index (χ1n) is 5.01. The minimum Gasteiger partial charge on any atom is -0.457 e. The molecular weight excluding hydrogens is 208 g/mol. The summed E-state index contributed by atoms with van der Waals surface area (Å²) in [7, 11) is 0. The molecule has 0 fully saturated rings. The van der Waals surface area contributed by atoms with Crippen molar-refractivity contribution < 1.29 is 19.4 Å². The van der Waals surface area contributed by atoms with Crippen LogP contribution in [0.15, 0.2) is 30.3 Å². The predicted molar refractivity (Wildman–Crippen MR) is 58.0 cm³/mol. The lowest BCUT2D eigenvalue weighted by Crippen LogP contribution is -2.21. The van der Waals surface area contributed by atoms with Crippen LogP contribution in [0.3, 0.4) is 0 Å². The van der Waals surface area contributed by atoms with Crippen molar-refractivity contribution in [1.82, 2.24) is 0 Å². The number of hydrogen-bond donors (Lipinski definition) is 1. The second-order valence-corrected chi connectivity index (χ2v) is 3.48. The third-order valence-electron chi connectivity index (χ3n) is 2.12. The van der Waals surface area contributed by atoms with Crippen LogP contribution in [0.4, 0.5) is 0 Å². The fourth-order valence-corrected chi connectivity index (χ4v) is 1.06. The van der Waals surface area contributed by atoms with Crippen molar-refractivity contribution >= 4 is 11.8 Å². The zero-order valence-corrected chi connectivity index (χ0v) is 9.05. The number of rotatable bonds is 5. The molecule has 86 valence electrons. The maximum atomic E-state index is 11.5. The average Bonchev–Trinajstić information content (AvgIpc) is 2.35. The van der Waals surface area contributed by atoms with Crippen molar-refractivity contribution in [2.75, 3.05) is 13.2 Å². The topological polar surface area (TPSA) is 63.6 Å². The first-order valence-corrected chi connectivity index (χ1v) is 5.01. The Balaban J connectivity index is 2.45. The largest absolute Gasteiger partial charge is 0.457 e. The highest BCUT2D eigenvalue weighted by atomic mass is 16.5. The molecule has 4 nitrogen and oxygen atoms in total. The fraction of sp³-hybridized carbons (Fsp3) is 0.333. The van der Waals surface area contributed by atoms with Crippen molar-refractivity contribution in [3.63, 3.8) is 0 Å². The number of aliphatic hydroxyl groups excluding tert-OH is 1. The summed E-state index contributed by atoms with van der Waals surface area (Å²) in [6.45, 7) is 0.973. The zero-order valence-electron chi connectivity index (χ0n) is 9.05. The second kappa shape index (κ2) is 6.02. The summed E-state index contributed by atoms with van der Waals surface area (Å²) < 4.78 is 4.76. The van der Waals surface area contributed by atoms with Gasteiger partial charge in [0, 0.05) is 5.56 Å². The van der Waals surface area contributed by atoms with Gasteiger partial charge in [0.1, 0.15) is 0 Å². The Bertz CT molecular complexity index is 359. The van der Waals surface area contributed by atoms with Gasteiger partial charge in [0.2, 0.25) is 0 Å². The molecule has 1 aromatic carbocycles. The summed E-state index contributed by atoms with van der Waals surface area (Å²) in [5.74, 6) is -1.41. The molecule has 0 heterocycles. The number of ketones is 1. The van der Waals surface area contributed by atoms with Crippen LogP contribution in [-0.2, 0) is 9.53 Å². The molecule has 1 N–H and O–H groups in total. The number of aliphatic hydroxyl groups is 1. The summed E-state index contributed by atoms with van der Waals surface area (Å²) in [5, 5.41) is 8.70. The SMILES string of the molecule is C[C@@H](CO)C(=O)OCC(=O)c1ccccc1. The van der Waals surface area contributed by atoms with E-state index in [2.05, 4.69) is 0 Å². The zero-order chi connectivity index (χ0) is 12.0. The highest BCUT2D eigenvalue weighted by Gasteiger charge is 2.15. The van der Waals surface area contributed by atoms with Gasteiger partial charge in [-0.3, -0.25) is 9.59 Å². The summed E-state index contributed by atoms with van der Waals surface area (Å²) in [5.41, 5.74) is 0.506. The summed E-state index contributed by atoms with van der Waals surface area (Å²) in [6.07, 6.45) is 0. The van der Waals surface area contributed by atoms with E-state index in [0.29, 0.717) is 5.56 Å². The fourth-order valence-electron chi connectivity index (χ4n) is 1.06. The number of carbonyl (C=O) groups excluding carboxylic acids is 2. The van der Waals surface area contributed by atoms with Crippen LogP contribution in [0.25, 0.3) is 0 Å². The lowest BCUT2D eigenvalue weighted by molar-refractivity contribution is -0.147. The smallest absolute Gasteiger partial charge is 0.311 e. The summed E-state index contributed by atoms with van der Waals surface area (Å²) >= 11 is 0. The minimum absolute atomic E-state index is 0.251. The average molecular weight is 222 g/mol. The van der Waals surface area contributed by atoms with E-state index in [-0.39, 0.29) is 19.0 Å². The van der Waals surface area contributed by atoms with Gasteiger partial charge in [-0.1, -0.05) is 30.3 Å². The number of Topliss-reactive ketones (excluding diaryl/α,β-unsaturated/α-hetero) is 1. The van der Waals surface area contributed by atoms with Crippen LogP contribution in [0.5, 0.6) is 0 Å². The molecule has 1 rings (SSSR count). The van der Waals surface area contributed by atoms with Crippen LogP contribution < -0.4 is 0 Å². The van der Waals surface area contributed by atoms with Crippen molar-refractivity contribution in [2.24, 2.45) is 5.92 Å². The Morgan fingerprint density at radius 1 is 1.31 bits per heavy atom. The number of esters is 1. The van der Waals surface area contributed by atoms with Crippen LogP contribution in [-0.4, -0.2) is 30.1 Å². The Morgan fingerprint density at radius 2 is 1.94 bits per heavy atom. The number of hydrogen-bond acceptors (Lipinski definition) is 4. The van der Waals surface area contributed by atoms with Crippen LogP contribution in [0.2, 0.25) is 0 Å². The number of ether oxygens (including phenoxy) is 1. The third kappa shape index (κ3) is 3.47. The minimum atomic E-state index is -0.594. The van der Waals surface area contributed by atoms with E-state index < -0.39 is 11.9 Å². The molecule has 0 aliphatic carbocycles. The molecule has 0 aromatic heterocycles. The molecule has 0 amide bonds. The molecule has 0 spiro atoms. The lowest BCUT2D eigenvalue weighted by atomic mass is 10.1. The first kappa shape index (κ1) is 12.4. The first-order chi connectivity index (χ1) is 7.65. The lowest BCUT2D eigenvalue weighted by Gasteiger charge is -2.07. The monoisotopic (exact) mass is 222 g/mol. The molecule has 1 aromatic rings. The van der Waals surface area contributed by atoms with Gasteiger partial charge in [-0.25, -0.2) is 0 Å². The van der Waals surface area contributed by atoms with E-state index in [1.54, 1.807) is 30.3 Å². The van der Waals surface area contributed by atoms with Gasteiger partial charge < -0.3 is 9.84 Å². The van der Waals surface area contributed by atoms with Gasteiger partial charge in [0.15, 0.2) is 12.4 Å². The van der Waals surface area contributed by atoms with Crippen molar-refractivity contribution in [3.05, 3.63) is 35.9 Å². The Labute approximate surface area is 93.9 Å². The molecule has 0 bridgehead atoms. The predicted octanol–water partition coefficient (Wildman–Crippen LogP) is 1.04. The molecule has 0 aliphatic heterocycles. The molecule has 0 saturated carbocycles. The maximum absolute atomic E-state index is 11.5. The third-order valence-corrected chi connectivity index (χ3v) is 2.12. The maximum Gasteiger partial charge on any atom is 0.311 e. The Morgan fingerprint density at radius 3 is 2.50 bits per heavy atom. The second-order valence-electron chi connectivity index (χ2n) is 3.48. The molecule has 0 radical (unpaired) electrons. The van der Waals surface area contributed by atoms with Gasteiger partial charge in [-0.05, 0) is 6.92 Å². The quantitative estimate of drug-likeness (QED) is 0.597.